The quantitative estimate of drug-likeness (QED) is 0.313. The lowest BCUT2D eigenvalue weighted by Crippen LogP contribution is -2.10. The fourth-order valence-electron chi connectivity index (χ4n) is 3.73. The van der Waals surface area contributed by atoms with Crippen molar-refractivity contribution >= 4 is 42.3 Å². The number of aryl methyl sites for hydroxylation is 2. The van der Waals surface area contributed by atoms with Gasteiger partial charge < -0.3 is 4.57 Å². The maximum absolute atomic E-state index is 11.8. The monoisotopic (exact) mass is 518 g/mol. The molecule has 0 aliphatic carbocycles. The molecule has 34 heavy (non-hydrogen) atoms. The molecule has 0 saturated heterocycles. The van der Waals surface area contributed by atoms with Gasteiger partial charge in [0.05, 0.1) is 17.2 Å². The molecule has 0 fully saturated rings. The highest BCUT2D eigenvalue weighted by Crippen LogP contribution is 2.34. The number of nitrogens with zero attached hydrogens (tertiary/aromatic N) is 4. The van der Waals surface area contributed by atoms with Gasteiger partial charge >= 0.3 is 0 Å². The van der Waals surface area contributed by atoms with Crippen LogP contribution in [0.15, 0.2) is 59.9 Å². The highest BCUT2D eigenvalue weighted by atomic mass is 32.2. The van der Waals surface area contributed by atoms with Crippen LogP contribution in [-0.4, -0.2) is 65.9 Å². The van der Waals surface area contributed by atoms with Crippen molar-refractivity contribution in [1.29, 1.82) is 0 Å². The molecule has 0 atom stereocenters. The summed E-state index contributed by atoms with van der Waals surface area (Å²) in [6.45, 7) is 2.33. The molecule has 0 unspecified atom stereocenters. The van der Waals surface area contributed by atoms with Gasteiger partial charge in [-0.15, -0.1) is 10.2 Å². The van der Waals surface area contributed by atoms with Crippen molar-refractivity contribution in [3.8, 4) is 17.1 Å². The average Bonchev–Trinajstić information content (AvgIpc) is 3.33. The standard InChI is InChI=1S/C23H26N4O4S3/c1-17-8-4-6-10-20(17)27-22(24-25-23(27)32-13-15-34(3,30)31)19-16-26(12-14-33(2,28)29)21-11-7-5-9-18(19)21/h4-11,16H,12-15H2,1-3H3. The lowest BCUT2D eigenvalue weighted by Gasteiger charge is -2.12. The first-order valence-electron chi connectivity index (χ1n) is 10.6. The maximum atomic E-state index is 11.8. The van der Waals surface area contributed by atoms with Gasteiger partial charge in [0.15, 0.2) is 11.0 Å². The molecule has 8 nitrogen and oxygen atoms in total. The number of hydrogen-bond donors (Lipinski definition) is 0. The Morgan fingerprint density at radius 2 is 1.56 bits per heavy atom. The van der Waals surface area contributed by atoms with E-state index in [0.717, 1.165) is 27.7 Å². The topological polar surface area (TPSA) is 104 Å². The van der Waals surface area contributed by atoms with Gasteiger partial charge in [-0.25, -0.2) is 16.8 Å². The van der Waals surface area contributed by atoms with E-state index in [4.69, 9.17) is 0 Å². The summed E-state index contributed by atoms with van der Waals surface area (Å²) >= 11 is 1.34. The van der Waals surface area contributed by atoms with Crippen molar-refractivity contribution in [1.82, 2.24) is 19.3 Å². The number of sulfone groups is 2. The third-order valence-electron chi connectivity index (χ3n) is 5.41. The van der Waals surface area contributed by atoms with Crippen LogP contribution in [0.4, 0.5) is 0 Å². The van der Waals surface area contributed by atoms with Crippen molar-refractivity contribution < 1.29 is 16.8 Å². The number of rotatable bonds is 9. The summed E-state index contributed by atoms with van der Waals surface area (Å²) in [7, 11) is -6.23. The van der Waals surface area contributed by atoms with E-state index < -0.39 is 19.7 Å². The molecule has 0 aliphatic rings. The maximum Gasteiger partial charge on any atom is 0.196 e. The molecule has 2 heterocycles. The number of para-hydroxylation sites is 2. The molecule has 0 amide bonds. The molecular weight excluding hydrogens is 492 g/mol. The van der Waals surface area contributed by atoms with Crippen LogP contribution in [0.3, 0.4) is 0 Å². The second-order valence-corrected chi connectivity index (χ2v) is 13.9. The lowest BCUT2D eigenvalue weighted by molar-refractivity contribution is 0.595. The van der Waals surface area contributed by atoms with E-state index >= 15 is 0 Å². The second kappa shape index (κ2) is 9.55. The zero-order valence-electron chi connectivity index (χ0n) is 19.2. The first-order chi connectivity index (χ1) is 16.0. The van der Waals surface area contributed by atoms with E-state index in [1.54, 1.807) is 0 Å². The van der Waals surface area contributed by atoms with E-state index in [1.807, 2.05) is 70.8 Å². The predicted molar refractivity (Wildman–Crippen MR) is 137 cm³/mol. The summed E-state index contributed by atoms with van der Waals surface area (Å²) in [5.41, 5.74) is 3.66. The highest BCUT2D eigenvalue weighted by Gasteiger charge is 2.21. The van der Waals surface area contributed by atoms with Crippen LogP contribution in [0.5, 0.6) is 0 Å². The van der Waals surface area contributed by atoms with E-state index in [-0.39, 0.29) is 11.5 Å². The Morgan fingerprint density at radius 3 is 2.26 bits per heavy atom. The molecule has 11 heteroatoms. The minimum atomic E-state index is -3.13. The van der Waals surface area contributed by atoms with Gasteiger partial charge in [0.2, 0.25) is 0 Å². The molecule has 2 aromatic carbocycles. The third-order valence-corrected chi connectivity index (χ3v) is 8.47. The first-order valence-corrected chi connectivity index (χ1v) is 15.7. The van der Waals surface area contributed by atoms with E-state index in [1.165, 1.54) is 24.3 Å². The van der Waals surface area contributed by atoms with Crippen LogP contribution < -0.4 is 0 Å². The van der Waals surface area contributed by atoms with Crippen molar-refractivity contribution in [2.75, 3.05) is 29.8 Å². The van der Waals surface area contributed by atoms with Crippen LogP contribution in [0.25, 0.3) is 28.0 Å². The van der Waals surface area contributed by atoms with Gasteiger partial charge in [-0.2, -0.15) is 0 Å². The number of aromatic nitrogens is 4. The van der Waals surface area contributed by atoms with Crippen molar-refractivity contribution in [3.63, 3.8) is 0 Å². The smallest absolute Gasteiger partial charge is 0.196 e. The first kappa shape index (κ1) is 24.5. The van der Waals surface area contributed by atoms with E-state index in [0.29, 0.717) is 23.3 Å². The number of hydrogen-bond acceptors (Lipinski definition) is 7. The van der Waals surface area contributed by atoms with Crippen molar-refractivity contribution in [2.45, 2.75) is 18.6 Å². The minimum absolute atomic E-state index is 0.0300. The Balaban J connectivity index is 1.85. The number of thioether (sulfide) groups is 1. The van der Waals surface area contributed by atoms with Crippen LogP contribution in [0, 0.1) is 6.92 Å². The van der Waals surface area contributed by atoms with Gasteiger partial charge in [-0.05, 0) is 24.6 Å². The van der Waals surface area contributed by atoms with E-state index in [9.17, 15) is 16.8 Å². The summed E-state index contributed by atoms with van der Waals surface area (Å²) in [5, 5.41) is 10.4. The highest BCUT2D eigenvalue weighted by molar-refractivity contribution is 8.00. The summed E-state index contributed by atoms with van der Waals surface area (Å²) in [4.78, 5) is 0. The molecule has 0 spiro atoms. The fourth-order valence-corrected chi connectivity index (χ4v) is 6.40. The Morgan fingerprint density at radius 1 is 0.882 bits per heavy atom. The second-order valence-electron chi connectivity index (χ2n) is 8.29. The van der Waals surface area contributed by atoms with E-state index in [2.05, 4.69) is 10.2 Å². The summed E-state index contributed by atoms with van der Waals surface area (Å²) in [5.74, 6) is 1.05. The molecule has 0 N–H and O–H groups in total. The Kier molecular flexibility index (Phi) is 6.88. The molecule has 0 aliphatic heterocycles. The van der Waals surface area contributed by atoms with Crippen molar-refractivity contribution in [2.24, 2.45) is 0 Å². The number of benzene rings is 2. The predicted octanol–water partition coefficient (Wildman–Crippen LogP) is 3.38. The lowest BCUT2D eigenvalue weighted by atomic mass is 10.1. The fraction of sp³-hybridized carbons (Fsp3) is 0.304. The molecule has 4 aromatic rings. The van der Waals surface area contributed by atoms with Crippen LogP contribution in [0.2, 0.25) is 0 Å². The third kappa shape index (κ3) is 5.53. The molecule has 2 aromatic heterocycles. The Labute approximate surface area is 203 Å². The SMILES string of the molecule is Cc1ccccc1-n1c(SCCS(C)(=O)=O)nnc1-c1cn(CCS(C)(=O)=O)c2ccccc12. The van der Waals surface area contributed by atoms with Crippen LogP contribution in [0.1, 0.15) is 5.56 Å². The molecule has 0 saturated carbocycles. The van der Waals surface area contributed by atoms with Gasteiger partial charge in [0.1, 0.15) is 19.7 Å². The summed E-state index contributed by atoms with van der Waals surface area (Å²) in [6, 6.07) is 15.7. The summed E-state index contributed by atoms with van der Waals surface area (Å²) in [6.07, 6.45) is 4.37. The molecule has 4 rings (SSSR count). The van der Waals surface area contributed by atoms with Gasteiger partial charge in [0.25, 0.3) is 0 Å². The van der Waals surface area contributed by atoms with Gasteiger partial charge in [-0.3, -0.25) is 4.57 Å². The largest absolute Gasteiger partial charge is 0.346 e. The Hall–Kier alpha value is -2.63. The molecule has 0 bridgehead atoms. The molecule has 180 valence electrons. The van der Waals surface area contributed by atoms with Crippen LogP contribution >= 0.6 is 11.8 Å². The van der Waals surface area contributed by atoms with Gasteiger partial charge in [-0.1, -0.05) is 48.2 Å². The zero-order chi connectivity index (χ0) is 24.5. The van der Waals surface area contributed by atoms with Gasteiger partial charge in [0, 0.05) is 47.5 Å². The minimum Gasteiger partial charge on any atom is -0.346 e. The van der Waals surface area contributed by atoms with Crippen molar-refractivity contribution in [3.05, 3.63) is 60.3 Å². The number of fused-ring (bicyclic) bond motifs is 1. The van der Waals surface area contributed by atoms with Crippen LogP contribution in [-0.2, 0) is 26.2 Å². The zero-order valence-corrected chi connectivity index (χ0v) is 21.6. The summed E-state index contributed by atoms with van der Waals surface area (Å²) < 4.78 is 50.7. The molecular formula is C23H26N4O4S3. The normalized spacial score (nSPS) is 12.4. The molecule has 0 radical (unpaired) electrons. The average molecular weight is 519 g/mol. The Bertz CT molecular complexity index is 1550.